The Morgan fingerprint density at radius 1 is 1.05 bits per heavy atom. The van der Waals surface area contributed by atoms with E-state index < -0.39 is 36.8 Å². The van der Waals surface area contributed by atoms with Crippen LogP contribution in [0.1, 0.15) is 63.4 Å². The highest BCUT2D eigenvalue weighted by Crippen LogP contribution is 2.32. The quantitative estimate of drug-likeness (QED) is 0.321. The fourth-order valence-electron chi connectivity index (χ4n) is 4.44. The zero-order chi connectivity index (χ0) is 27.5. The van der Waals surface area contributed by atoms with Crippen LogP contribution in [0.5, 0.6) is 17.2 Å². The van der Waals surface area contributed by atoms with Crippen LogP contribution in [0.3, 0.4) is 0 Å². The maximum absolute atomic E-state index is 13.1. The number of esters is 2. The Morgan fingerprint density at radius 2 is 1.76 bits per heavy atom. The highest BCUT2D eigenvalue weighted by atomic mass is 16.7. The lowest BCUT2D eigenvalue weighted by Crippen LogP contribution is -2.46. The van der Waals surface area contributed by atoms with Gasteiger partial charge in [0.25, 0.3) is 5.91 Å². The highest BCUT2D eigenvalue weighted by Gasteiger charge is 2.34. The summed E-state index contributed by atoms with van der Waals surface area (Å²) in [6.45, 7) is 4.24. The third-order valence-corrected chi connectivity index (χ3v) is 6.36. The third kappa shape index (κ3) is 8.09. The first-order valence-electron chi connectivity index (χ1n) is 12.8. The second kappa shape index (κ2) is 14.2. The van der Waals surface area contributed by atoms with Gasteiger partial charge in [0.2, 0.25) is 6.79 Å². The molecular formula is C28H36N2O8. The van der Waals surface area contributed by atoms with Crippen molar-refractivity contribution in [3.8, 4) is 17.2 Å². The number of hydrogen-bond acceptors (Lipinski definition) is 9. The minimum Gasteiger partial charge on any atom is -0.493 e. The lowest BCUT2D eigenvalue weighted by molar-refractivity contribution is -0.160. The Bertz CT molecular complexity index is 1070. The molecule has 0 saturated heterocycles. The molecule has 0 unspecified atom stereocenters. The van der Waals surface area contributed by atoms with E-state index in [9.17, 15) is 14.4 Å². The molecule has 0 bridgehead atoms. The Morgan fingerprint density at radius 3 is 2.42 bits per heavy atom. The van der Waals surface area contributed by atoms with Gasteiger partial charge in [-0.25, -0.2) is 9.78 Å². The molecule has 1 aromatic carbocycles. The summed E-state index contributed by atoms with van der Waals surface area (Å²) in [4.78, 5) is 41.4. The molecule has 206 valence electrons. The number of amides is 1. The van der Waals surface area contributed by atoms with Crippen molar-refractivity contribution in [2.75, 3.05) is 13.9 Å². The van der Waals surface area contributed by atoms with Crippen LogP contribution in [-0.4, -0.2) is 55.0 Å². The predicted octanol–water partition coefficient (Wildman–Crippen LogP) is 4.07. The van der Waals surface area contributed by atoms with Crippen molar-refractivity contribution in [1.82, 2.24) is 10.3 Å². The minimum absolute atomic E-state index is 0.0146. The van der Waals surface area contributed by atoms with Crippen LogP contribution in [0.15, 0.2) is 42.6 Å². The fraction of sp³-hybridized carbons (Fsp3) is 0.500. The summed E-state index contributed by atoms with van der Waals surface area (Å²) in [6.07, 6.45) is 5.70. The van der Waals surface area contributed by atoms with Crippen LogP contribution in [-0.2, 0) is 19.1 Å². The molecule has 0 spiro atoms. The first kappa shape index (κ1) is 28.7. The first-order chi connectivity index (χ1) is 18.3. The van der Waals surface area contributed by atoms with Gasteiger partial charge in [-0.2, -0.15) is 0 Å². The lowest BCUT2D eigenvalue weighted by Gasteiger charge is -2.34. The summed E-state index contributed by atoms with van der Waals surface area (Å²) in [5.41, 5.74) is -0.124. The summed E-state index contributed by atoms with van der Waals surface area (Å²) in [7, 11) is 1.40. The van der Waals surface area contributed by atoms with Crippen LogP contribution in [0.25, 0.3) is 0 Å². The Kier molecular flexibility index (Phi) is 10.7. The molecule has 1 aliphatic rings. The second-order valence-corrected chi connectivity index (χ2v) is 9.22. The molecule has 1 aromatic heterocycles. The van der Waals surface area contributed by atoms with Crippen molar-refractivity contribution in [2.24, 2.45) is 5.92 Å². The smallest absolute Gasteiger partial charge is 0.328 e. The van der Waals surface area contributed by atoms with E-state index in [1.54, 1.807) is 6.92 Å². The Labute approximate surface area is 223 Å². The SMILES string of the molecule is COc1ccnc(C(=O)N[C@@H](C)C(=O)O[C@H](C2CCCCC2)[C@H](C)Oc2ccccc2)c1OCOC(C)=O. The van der Waals surface area contributed by atoms with Crippen molar-refractivity contribution >= 4 is 17.8 Å². The molecule has 1 fully saturated rings. The number of pyridine rings is 1. The number of hydrogen-bond donors (Lipinski definition) is 1. The largest absolute Gasteiger partial charge is 0.493 e. The maximum atomic E-state index is 13.1. The molecule has 10 nitrogen and oxygen atoms in total. The summed E-state index contributed by atoms with van der Waals surface area (Å²) >= 11 is 0. The molecule has 1 heterocycles. The molecule has 2 aromatic rings. The zero-order valence-electron chi connectivity index (χ0n) is 22.3. The molecule has 1 aliphatic carbocycles. The van der Waals surface area contributed by atoms with Gasteiger partial charge in [0, 0.05) is 19.2 Å². The van der Waals surface area contributed by atoms with E-state index >= 15 is 0 Å². The molecule has 1 N–H and O–H groups in total. The Hall–Kier alpha value is -3.82. The molecule has 1 saturated carbocycles. The number of para-hydroxylation sites is 1. The van der Waals surface area contributed by atoms with E-state index in [0.717, 1.165) is 32.1 Å². The van der Waals surface area contributed by atoms with E-state index in [2.05, 4.69) is 10.3 Å². The normalized spacial score (nSPS) is 15.9. The molecule has 3 atom stereocenters. The van der Waals surface area contributed by atoms with Crippen LogP contribution >= 0.6 is 0 Å². The number of nitrogens with one attached hydrogen (secondary N) is 1. The molecule has 10 heteroatoms. The molecule has 1 amide bonds. The van der Waals surface area contributed by atoms with Crippen molar-refractivity contribution in [2.45, 2.75) is 71.1 Å². The van der Waals surface area contributed by atoms with E-state index in [0.29, 0.717) is 5.75 Å². The topological polar surface area (TPSA) is 122 Å². The van der Waals surface area contributed by atoms with Gasteiger partial charge in [0.1, 0.15) is 24.0 Å². The number of carbonyl (C=O) groups excluding carboxylic acids is 3. The van der Waals surface area contributed by atoms with E-state index in [4.69, 9.17) is 23.7 Å². The van der Waals surface area contributed by atoms with Gasteiger partial charge in [-0.05, 0) is 44.7 Å². The van der Waals surface area contributed by atoms with E-state index in [1.807, 2.05) is 37.3 Å². The lowest BCUT2D eigenvalue weighted by atomic mass is 9.83. The number of methoxy groups -OCH3 is 1. The number of aromatic nitrogens is 1. The average molecular weight is 529 g/mol. The molecule has 38 heavy (non-hydrogen) atoms. The molecular weight excluding hydrogens is 492 g/mol. The summed E-state index contributed by atoms with van der Waals surface area (Å²) in [6, 6.07) is 9.93. The molecule has 3 rings (SSSR count). The average Bonchev–Trinajstić information content (AvgIpc) is 2.92. The standard InChI is InChI=1S/C28H36N2O8/c1-18(30-27(32)24-26(36-17-35-20(3)31)23(34-4)15-16-29-24)28(33)38-25(21-11-7-5-8-12-21)19(2)37-22-13-9-6-10-14-22/h6,9-10,13-16,18-19,21,25H,5,7-8,11-12,17H2,1-4H3,(H,30,32)/t18-,19-,25-/m0/s1. The highest BCUT2D eigenvalue weighted by molar-refractivity contribution is 5.98. The van der Waals surface area contributed by atoms with Crippen LogP contribution in [0, 0.1) is 5.92 Å². The van der Waals surface area contributed by atoms with Crippen molar-refractivity contribution in [1.29, 1.82) is 0 Å². The number of ether oxygens (including phenoxy) is 5. The monoisotopic (exact) mass is 528 g/mol. The number of rotatable bonds is 12. The van der Waals surface area contributed by atoms with Crippen LogP contribution in [0.2, 0.25) is 0 Å². The van der Waals surface area contributed by atoms with Gasteiger partial charge < -0.3 is 29.0 Å². The summed E-state index contributed by atoms with van der Waals surface area (Å²) < 4.78 is 27.6. The first-order valence-corrected chi connectivity index (χ1v) is 12.8. The summed E-state index contributed by atoms with van der Waals surface area (Å²) in [5, 5.41) is 2.62. The van der Waals surface area contributed by atoms with Gasteiger partial charge in [-0.15, -0.1) is 0 Å². The number of carbonyl (C=O) groups is 3. The third-order valence-electron chi connectivity index (χ3n) is 6.36. The van der Waals surface area contributed by atoms with Crippen molar-refractivity contribution in [3.05, 3.63) is 48.3 Å². The fourth-order valence-corrected chi connectivity index (χ4v) is 4.44. The van der Waals surface area contributed by atoms with E-state index in [1.165, 1.54) is 26.3 Å². The minimum atomic E-state index is -0.980. The molecule has 0 radical (unpaired) electrons. The van der Waals surface area contributed by atoms with Gasteiger partial charge in [0.05, 0.1) is 7.11 Å². The predicted molar refractivity (Wildman–Crippen MR) is 138 cm³/mol. The number of benzene rings is 1. The van der Waals surface area contributed by atoms with Gasteiger partial charge in [0.15, 0.2) is 17.2 Å². The second-order valence-electron chi connectivity index (χ2n) is 9.22. The Balaban J connectivity index is 1.70. The van der Waals surface area contributed by atoms with Crippen LogP contribution in [0.4, 0.5) is 0 Å². The summed E-state index contributed by atoms with van der Waals surface area (Å²) in [5.74, 6) is -0.736. The van der Waals surface area contributed by atoms with Gasteiger partial charge >= 0.3 is 11.9 Å². The van der Waals surface area contributed by atoms with Crippen molar-refractivity contribution < 1.29 is 38.1 Å². The molecule has 0 aliphatic heterocycles. The van der Waals surface area contributed by atoms with E-state index in [-0.39, 0.29) is 29.2 Å². The maximum Gasteiger partial charge on any atom is 0.328 e. The van der Waals surface area contributed by atoms with Gasteiger partial charge in [-0.1, -0.05) is 37.5 Å². The number of nitrogens with zero attached hydrogens (tertiary/aromatic N) is 1. The van der Waals surface area contributed by atoms with Crippen LogP contribution < -0.4 is 19.5 Å². The zero-order valence-corrected chi connectivity index (χ0v) is 22.3. The van der Waals surface area contributed by atoms with Crippen molar-refractivity contribution in [3.63, 3.8) is 0 Å². The van der Waals surface area contributed by atoms with Gasteiger partial charge in [-0.3, -0.25) is 9.59 Å².